The summed E-state index contributed by atoms with van der Waals surface area (Å²) in [7, 11) is 0. The van der Waals surface area contributed by atoms with E-state index < -0.39 is 0 Å². The Morgan fingerprint density at radius 2 is 2.14 bits per heavy atom. The van der Waals surface area contributed by atoms with Crippen molar-refractivity contribution in [3.8, 4) is 0 Å². The minimum absolute atomic E-state index is 0.752. The van der Waals surface area contributed by atoms with Crippen molar-refractivity contribution < 1.29 is 0 Å². The average molecular weight is 257 g/mol. The quantitative estimate of drug-likeness (QED) is 0.789. The zero-order chi connectivity index (χ0) is 9.97. The van der Waals surface area contributed by atoms with E-state index in [9.17, 15) is 0 Å². The zero-order valence-electron chi connectivity index (χ0n) is 8.67. The number of aromatic nitrogens is 2. The van der Waals surface area contributed by atoms with Gasteiger partial charge in [0.25, 0.3) is 0 Å². The lowest BCUT2D eigenvalue weighted by Crippen LogP contribution is -2.10. The first-order valence-electron chi connectivity index (χ1n) is 5.54. The first-order valence-corrected chi connectivity index (χ1v) is 6.33. The summed E-state index contributed by atoms with van der Waals surface area (Å²) < 4.78 is 3.27. The molecular formula is C11H17BrN2. The van der Waals surface area contributed by atoms with Gasteiger partial charge in [-0.05, 0) is 35.7 Å². The van der Waals surface area contributed by atoms with E-state index >= 15 is 0 Å². The molecule has 0 N–H and O–H groups in total. The molecule has 1 aliphatic carbocycles. The topological polar surface area (TPSA) is 17.8 Å². The first-order chi connectivity index (χ1) is 6.83. The van der Waals surface area contributed by atoms with Crippen LogP contribution in [0.1, 0.15) is 50.6 Å². The molecule has 0 atom stereocenters. The number of imidazole rings is 1. The molecule has 0 saturated heterocycles. The van der Waals surface area contributed by atoms with Crippen LogP contribution in [0.2, 0.25) is 0 Å². The van der Waals surface area contributed by atoms with Gasteiger partial charge >= 0.3 is 0 Å². The molecule has 0 aromatic carbocycles. The Labute approximate surface area is 93.9 Å². The maximum atomic E-state index is 4.34. The second-order valence-corrected chi connectivity index (χ2v) is 4.74. The Bertz CT molecular complexity index is 300. The molecule has 1 aromatic heterocycles. The van der Waals surface area contributed by atoms with Gasteiger partial charge in [0.05, 0.1) is 0 Å². The third-order valence-corrected chi connectivity index (χ3v) is 3.81. The van der Waals surface area contributed by atoms with Crippen molar-refractivity contribution in [3.63, 3.8) is 0 Å². The van der Waals surface area contributed by atoms with Crippen molar-refractivity contribution in [1.82, 2.24) is 9.55 Å². The molecule has 1 aromatic rings. The SMILES string of the molecule is CCn1c(C2CCCCC2)cnc1Br. The molecule has 1 heterocycles. The van der Waals surface area contributed by atoms with Gasteiger partial charge in [0.1, 0.15) is 0 Å². The summed E-state index contributed by atoms with van der Waals surface area (Å²) in [5, 5.41) is 0. The third-order valence-electron chi connectivity index (χ3n) is 3.18. The van der Waals surface area contributed by atoms with E-state index in [-0.39, 0.29) is 0 Å². The van der Waals surface area contributed by atoms with Crippen LogP contribution in [0, 0.1) is 0 Å². The van der Waals surface area contributed by atoms with E-state index in [1.165, 1.54) is 37.8 Å². The van der Waals surface area contributed by atoms with Crippen LogP contribution < -0.4 is 0 Å². The fourth-order valence-corrected chi connectivity index (χ4v) is 2.96. The van der Waals surface area contributed by atoms with Crippen molar-refractivity contribution >= 4 is 15.9 Å². The Morgan fingerprint density at radius 1 is 1.43 bits per heavy atom. The lowest BCUT2D eigenvalue weighted by Gasteiger charge is -2.22. The van der Waals surface area contributed by atoms with Crippen LogP contribution in [-0.4, -0.2) is 9.55 Å². The summed E-state index contributed by atoms with van der Waals surface area (Å²) in [5.74, 6) is 0.752. The van der Waals surface area contributed by atoms with Gasteiger partial charge in [-0.2, -0.15) is 0 Å². The molecule has 0 amide bonds. The number of hydrogen-bond acceptors (Lipinski definition) is 1. The second kappa shape index (κ2) is 4.47. The van der Waals surface area contributed by atoms with Crippen LogP contribution >= 0.6 is 15.9 Å². The van der Waals surface area contributed by atoms with E-state index in [2.05, 4.69) is 32.4 Å². The average Bonchev–Trinajstić information content (AvgIpc) is 2.61. The fourth-order valence-electron chi connectivity index (χ4n) is 2.40. The van der Waals surface area contributed by atoms with Gasteiger partial charge < -0.3 is 4.57 Å². The van der Waals surface area contributed by atoms with Crippen LogP contribution in [0.5, 0.6) is 0 Å². The van der Waals surface area contributed by atoms with Gasteiger partial charge in [0, 0.05) is 24.4 Å². The van der Waals surface area contributed by atoms with E-state index in [0.29, 0.717) is 0 Å². The molecule has 1 fully saturated rings. The smallest absolute Gasteiger partial charge is 0.177 e. The second-order valence-electron chi connectivity index (χ2n) is 4.03. The molecule has 14 heavy (non-hydrogen) atoms. The summed E-state index contributed by atoms with van der Waals surface area (Å²) >= 11 is 3.50. The van der Waals surface area contributed by atoms with Gasteiger partial charge in [-0.3, -0.25) is 0 Å². The number of rotatable bonds is 2. The summed E-state index contributed by atoms with van der Waals surface area (Å²) in [6.07, 6.45) is 8.92. The molecule has 2 rings (SSSR count). The van der Waals surface area contributed by atoms with Crippen LogP contribution in [0.25, 0.3) is 0 Å². The highest BCUT2D eigenvalue weighted by Crippen LogP contribution is 2.33. The summed E-state index contributed by atoms with van der Waals surface area (Å²) in [5.41, 5.74) is 1.43. The highest BCUT2D eigenvalue weighted by Gasteiger charge is 2.19. The normalized spacial score (nSPS) is 18.7. The summed E-state index contributed by atoms with van der Waals surface area (Å²) in [6.45, 7) is 3.20. The lowest BCUT2D eigenvalue weighted by molar-refractivity contribution is 0.424. The number of hydrogen-bond donors (Lipinski definition) is 0. The van der Waals surface area contributed by atoms with Crippen molar-refractivity contribution in [2.45, 2.75) is 51.5 Å². The molecule has 0 radical (unpaired) electrons. The van der Waals surface area contributed by atoms with Crippen LogP contribution in [-0.2, 0) is 6.54 Å². The van der Waals surface area contributed by atoms with Crippen molar-refractivity contribution in [1.29, 1.82) is 0 Å². The minimum Gasteiger partial charge on any atom is -0.323 e. The lowest BCUT2D eigenvalue weighted by atomic mass is 9.87. The van der Waals surface area contributed by atoms with Gasteiger partial charge in [-0.1, -0.05) is 19.3 Å². The van der Waals surface area contributed by atoms with Gasteiger partial charge in [-0.15, -0.1) is 0 Å². The Balaban J connectivity index is 2.21. The largest absolute Gasteiger partial charge is 0.323 e. The Kier molecular flexibility index (Phi) is 3.26. The highest BCUT2D eigenvalue weighted by atomic mass is 79.9. The van der Waals surface area contributed by atoms with E-state index in [0.717, 1.165) is 17.2 Å². The summed E-state index contributed by atoms with van der Waals surface area (Å²) in [4.78, 5) is 4.34. The summed E-state index contributed by atoms with van der Waals surface area (Å²) in [6, 6.07) is 0. The van der Waals surface area contributed by atoms with Gasteiger partial charge in [-0.25, -0.2) is 4.98 Å². The molecule has 0 bridgehead atoms. The number of halogens is 1. The van der Waals surface area contributed by atoms with Crippen molar-refractivity contribution in [2.75, 3.05) is 0 Å². The molecule has 0 unspecified atom stereocenters. The monoisotopic (exact) mass is 256 g/mol. The van der Waals surface area contributed by atoms with E-state index in [4.69, 9.17) is 0 Å². The molecule has 0 aliphatic heterocycles. The molecular weight excluding hydrogens is 240 g/mol. The molecule has 78 valence electrons. The minimum atomic E-state index is 0.752. The van der Waals surface area contributed by atoms with E-state index in [1.807, 2.05) is 6.20 Å². The van der Waals surface area contributed by atoms with Crippen LogP contribution in [0.4, 0.5) is 0 Å². The zero-order valence-corrected chi connectivity index (χ0v) is 10.3. The molecule has 1 aliphatic rings. The maximum Gasteiger partial charge on any atom is 0.177 e. The number of nitrogens with zero attached hydrogens (tertiary/aromatic N) is 2. The van der Waals surface area contributed by atoms with Crippen LogP contribution in [0.15, 0.2) is 10.9 Å². The molecule has 0 spiro atoms. The molecule has 3 heteroatoms. The van der Waals surface area contributed by atoms with Crippen molar-refractivity contribution in [2.24, 2.45) is 0 Å². The van der Waals surface area contributed by atoms with E-state index in [1.54, 1.807) is 0 Å². The molecule has 1 saturated carbocycles. The maximum absolute atomic E-state index is 4.34. The predicted octanol–water partition coefficient (Wildman–Crippen LogP) is 3.71. The van der Waals surface area contributed by atoms with Gasteiger partial charge in [0.2, 0.25) is 0 Å². The standard InChI is InChI=1S/C11H17BrN2/c1-2-14-10(8-13-11(14)12)9-6-4-3-5-7-9/h8-9H,2-7H2,1H3. The Morgan fingerprint density at radius 3 is 2.79 bits per heavy atom. The third kappa shape index (κ3) is 1.88. The van der Waals surface area contributed by atoms with Crippen LogP contribution in [0.3, 0.4) is 0 Å². The first kappa shape index (κ1) is 10.2. The Hall–Kier alpha value is -0.310. The highest BCUT2D eigenvalue weighted by molar-refractivity contribution is 9.10. The molecule has 2 nitrogen and oxygen atoms in total. The van der Waals surface area contributed by atoms with Gasteiger partial charge in [0.15, 0.2) is 4.73 Å². The van der Waals surface area contributed by atoms with Crippen molar-refractivity contribution in [3.05, 3.63) is 16.6 Å². The fraction of sp³-hybridized carbons (Fsp3) is 0.727. The predicted molar refractivity (Wildman–Crippen MR) is 61.4 cm³/mol.